The average molecular weight is 330 g/mol. The minimum absolute atomic E-state index is 0.0359. The first-order valence-electron chi connectivity index (χ1n) is 4.48. The van der Waals surface area contributed by atoms with Crippen molar-refractivity contribution in [3.05, 3.63) is 28.3 Å². The number of aliphatic carboxylic acids is 1. The van der Waals surface area contributed by atoms with Crippen molar-refractivity contribution < 1.29 is 23.4 Å². The van der Waals surface area contributed by atoms with Gasteiger partial charge in [-0.25, -0.2) is 0 Å². The van der Waals surface area contributed by atoms with E-state index in [9.17, 15) is 13.6 Å². The highest BCUT2D eigenvalue weighted by atomic mass is 79.9. The van der Waals surface area contributed by atoms with Crippen LogP contribution >= 0.6 is 27.5 Å². The molecule has 0 saturated heterocycles. The number of benzene rings is 1. The highest BCUT2D eigenvalue weighted by molar-refractivity contribution is 9.08. The third kappa shape index (κ3) is 4.12. The van der Waals surface area contributed by atoms with Gasteiger partial charge in [-0.2, -0.15) is 8.78 Å². The maximum absolute atomic E-state index is 12.1. The fraction of sp³-hybridized carbons (Fsp3) is 0.300. The molecular formula is C10H8BrClF2O3. The molecule has 94 valence electrons. The number of ether oxygens (including phenoxy) is 1. The Hall–Kier alpha value is -0.880. The molecule has 0 fully saturated rings. The number of hydrogen-bond acceptors (Lipinski definition) is 2. The van der Waals surface area contributed by atoms with Crippen LogP contribution in [0.25, 0.3) is 0 Å². The van der Waals surface area contributed by atoms with Crippen molar-refractivity contribution in [1.29, 1.82) is 0 Å². The van der Waals surface area contributed by atoms with E-state index in [4.69, 9.17) is 16.7 Å². The fourth-order valence-corrected chi connectivity index (χ4v) is 2.03. The maximum Gasteiger partial charge on any atom is 0.387 e. The van der Waals surface area contributed by atoms with Gasteiger partial charge in [0.2, 0.25) is 0 Å². The molecule has 17 heavy (non-hydrogen) atoms. The highest BCUT2D eigenvalue weighted by Gasteiger charge is 2.14. The topological polar surface area (TPSA) is 46.5 Å². The van der Waals surface area contributed by atoms with Crippen LogP contribution in [0.1, 0.15) is 11.1 Å². The van der Waals surface area contributed by atoms with Gasteiger partial charge in [0, 0.05) is 5.33 Å². The van der Waals surface area contributed by atoms with Crippen molar-refractivity contribution in [3.63, 3.8) is 0 Å². The molecule has 0 spiro atoms. The molecule has 0 radical (unpaired) electrons. The van der Waals surface area contributed by atoms with E-state index in [1.807, 2.05) is 0 Å². The summed E-state index contributed by atoms with van der Waals surface area (Å²) in [5.74, 6) is -1.18. The third-order valence-electron chi connectivity index (χ3n) is 1.96. The summed E-state index contributed by atoms with van der Waals surface area (Å²) in [4.78, 5) is 10.6. The summed E-state index contributed by atoms with van der Waals surface area (Å²) >= 11 is 8.86. The first-order chi connectivity index (χ1) is 7.93. The standard InChI is InChI=1S/C10H8BrClF2O3/c11-4-6-2-8(17-10(13)14)7(12)1-5(6)3-9(15)16/h1-2,10H,3-4H2,(H,15,16). The molecule has 0 aromatic heterocycles. The van der Waals surface area contributed by atoms with Gasteiger partial charge in [-0.05, 0) is 23.3 Å². The molecule has 0 saturated carbocycles. The van der Waals surface area contributed by atoms with Crippen LogP contribution in [0.4, 0.5) is 8.78 Å². The second-order valence-corrected chi connectivity index (χ2v) is 4.10. The fourth-order valence-electron chi connectivity index (χ4n) is 1.27. The van der Waals surface area contributed by atoms with Crippen molar-refractivity contribution in [2.24, 2.45) is 0 Å². The molecule has 0 unspecified atom stereocenters. The lowest BCUT2D eigenvalue weighted by Crippen LogP contribution is -2.06. The molecule has 0 aliphatic rings. The highest BCUT2D eigenvalue weighted by Crippen LogP contribution is 2.31. The Morgan fingerprint density at radius 2 is 2.12 bits per heavy atom. The second-order valence-electron chi connectivity index (χ2n) is 3.13. The quantitative estimate of drug-likeness (QED) is 0.842. The molecule has 0 aliphatic heterocycles. The van der Waals surface area contributed by atoms with E-state index in [0.29, 0.717) is 16.5 Å². The molecule has 0 amide bonds. The van der Waals surface area contributed by atoms with Crippen LogP contribution < -0.4 is 4.74 Å². The molecule has 0 atom stereocenters. The van der Waals surface area contributed by atoms with E-state index in [1.54, 1.807) is 0 Å². The molecule has 1 aromatic carbocycles. The molecule has 3 nitrogen and oxygen atoms in total. The van der Waals surface area contributed by atoms with Gasteiger partial charge in [0.15, 0.2) is 0 Å². The Balaban J connectivity index is 3.10. The van der Waals surface area contributed by atoms with Gasteiger partial charge in [-0.1, -0.05) is 27.5 Å². The van der Waals surface area contributed by atoms with Crippen LogP contribution in [0, 0.1) is 0 Å². The molecule has 0 heterocycles. The molecule has 1 N–H and O–H groups in total. The molecule has 7 heteroatoms. The van der Waals surface area contributed by atoms with Gasteiger partial charge in [-0.15, -0.1) is 0 Å². The molecule has 0 bridgehead atoms. The van der Waals surface area contributed by atoms with Gasteiger partial charge in [0.25, 0.3) is 0 Å². The summed E-state index contributed by atoms with van der Waals surface area (Å²) in [6, 6.07) is 2.63. The summed E-state index contributed by atoms with van der Waals surface area (Å²) in [6.45, 7) is -2.97. The lowest BCUT2D eigenvalue weighted by Gasteiger charge is -2.11. The SMILES string of the molecule is O=C(O)Cc1cc(Cl)c(OC(F)F)cc1CBr. The van der Waals surface area contributed by atoms with E-state index in [1.165, 1.54) is 12.1 Å². The van der Waals surface area contributed by atoms with Gasteiger partial charge >= 0.3 is 12.6 Å². The van der Waals surface area contributed by atoms with Gasteiger partial charge in [-0.3, -0.25) is 4.79 Å². The largest absolute Gasteiger partial charge is 0.481 e. The Morgan fingerprint density at radius 1 is 1.47 bits per heavy atom. The van der Waals surface area contributed by atoms with Gasteiger partial charge in [0.05, 0.1) is 11.4 Å². The minimum Gasteiger partial charge on any atom is -0.481 e. The zero-order valence-corrected chi connectivity index (χ0v) is 10.8. The lowest BCUT2D eigenvalue weighted by atomic mass is 10.1. The van der Waals surface area contributed by atoms with Crippen molar-refractivity contribution in [1.82, 2.24) is 0 Å². The lowest BCUT2D eigenvalue weighted by molar-refractivity contribution is -0.136. The number of halogens is 4. The molecular weight excluding hydrogens is 321 g/mol. The first kappa shape index (κ1) is 14.2. The Labute approximate surface area is 109 Å². The number of carboxylic acid groups (broad SMARTS) is 1. The second kappa shape index (κ2) is 6.16. The monoisotopic (exact) mass is 328 g/mol. The number of carboxylic acids is 1. The van der Waals surface area contributed by atoms with E-state index < -0.39 is 12.6 Å². The third-order valence-corrected chi connectivity index (χ3v) is 2.86. The van der Waals surface area contributed by atoms with Crippen LogP contribution in [-0.4, -0.2) is 17.7 Å². The smallest absolute Gasteiger partial charge is 0.387 e. The molecule has 1 rings (SSSR count). The predicted molar refractivity (Wildman–Crippen MR) is 62.1 cm³/mol. The van der Waals surface area contributed by atoms with Crippen LogP contribution in [0.3, 0.4) is 0 Å². The van der Waals surface area contributed by atoms with Crippen molar-refractivity contribution >= 4 is 33.5 Å². The zero-order chi connectivity index (χ0) is 13.0. The summed E-state index contributed by atoms with van der Waals surface area (Å²) in [5.41, 5.74) is 1.01. The first-order valence-corrected chi connectivity index (χ1v) is 5.98. The van der Waals surface area contributed by atoms with E-state index in [0.717, 1.165) is 0 Å². The zero-order valence-electron chi connectivity index (χ0n) is 8.42. The summed E-state index contributed by atoms with van der Waals surface area (Å²) in [7, 11) is 0. The maximum atomic E-state index is 12.1. The minimum atomic E-state index is -2.97. The van der Waals surface area contributed by atoms with Crippen molar-refractivity contribution in [2.45, 2.75) is 18.4 Å². The van der Waals surface area contributed by atoms with Crippen molar-refractivity contribution in [3.8, 4) is 5.75 Å². The number of carbonyl (C=O) groups is 1. The summed E-state index contributed by atoms with van der Waals surface area (Å²) in [5, 5.41) is 8.97. The normalized spacial score (nSPS) is 10.6. The number of hydrogen-bond donors (Lipinski definition) is 1. The van der Waals surface area contributed by atoms with Crippen LogP contribution in [0.15, 0.2) is 12.1 Å². The Kier molecular flexibility index (Phi) is 5.14. The van der Waals surface area contributed by atoms with Gasteiger partial charge in [0.1, 0.15) is 5.75 Å². The van der Waals surface area contributed by atoms with E-state index in [2.05, 4.69) is 20.7 Å². The average Bonchev–Trinajstić information content (AvgIpc) is 2.20. The summed E-state index contributed by atoms with van der Waals surface area (Å²) in [6.07, 6.45) is -0.227. The summed E-state index contributed by atoms with van der Waals surface area (Å²) < 4.78 is 28.3. The molecule has 0 aliphatic carbocycles. The van der Waals surface area contributed by atoms with E-state index >= 15 is 0 Å². The van der Waals surface area contributed by atoms with Crippen LogP contribution in [0.5, 0.6) is 5.75 Å². The Bertz CT molecular complexity index is 426. The van der Waals surface area contributed by atoms with Crippen LogP contribution in [0.2, 0.25) is 5.02 Å². The van der Waals surface area contributed by atoms with E-state index in [-0.39, 0.29) is 17.2 Å². The number of rotatable bonds is 5. The predicted octanol–water partition coefficient (Wildman–Crippen LogP) is 3.46. The van der Waals surface area contributed by atoms with Gasteiger partial charge < -0.3 is 9.84 Å². The number of alkyl halides is 3. The van der Waals surface area contributed by atoms with Crippen LogP contribution in [-0.2, 0) is 16.5 Å². The Morgan fingerprint density at radius 3 is 2.59 bits per heavy atom. The van der Waals surface area contributed by atoms with Crippen molar-refractivity contribution in [2.75, 3.05) is 0 Å². The molecule has 1 aromatic rings.